The zero-order valence-electron chi connectivity index (χ0n) is 17.8. The van der Waals surface area contributed by atoms with Crippen LogP contribution in [0.15, 0.2) is 35.7 Å². The van der Waals surface area contributed by atoms with E-state index in [1.165, 1.54) is 25.1 Å². The van der Waals surface area contributed by atoms with E-state index in [-0.39, 0.29) is 34.0 Å². The van der Waals surface area contributed by atoms with Crippen LogP contribution in [0.2, 0.25) is 0 Å². The minimum atomic E-state index is -1.24. The van der Waals surface area contributed by atoms with Gasteiger partial charge < -0.3 is 15.8 Å². The van der Waals surface area contributed by atoms with Crippen LogP contribution in [0.25, 0.3) is 0 Å². The fourth-order valence-electron chi connectivity index (χ4n) is 3.36. The van der Waals surface area contributed by atoms with Crippen LogP contribution in [0.1, 0.15) is 58.3 Å². The third kappa shape index (κ3) is 4.54. The van der Waals surface area contributed by atoms with Gasteiger partial charge >= 0.3 is 5.97 Å². The lowest BCUT2D eigenvalue weighted by atomic mass is 10.0. The van der Waals surface area contributed by atoms with E-state index in [1.54, 1.807) is 17.5 Å². The smallest absolute Gasteiger partial charge is 0.330 e. The number of amides is 4. The molecule has 0 fully saturated rings. The summed E-state index contributed by atoms with van der Waals surface area (Å²) in [7, 11) is 0. The van der Waals surface area contributed by atoms with E-state index in [0.717, 1.165) is 16.2 Å². The molecule has 4 amide bonds. The molecule has 2 heterocycles. The quantitative estimate of drug-likeness (QED) is 0.462. The summed E-state index contributed by atoms with van der Waals surface area (Å²) in [6.07, 6.45) is -1.06. The molecule has 32 heavy (non-hydrogen) atoms. The lowest BCUT2D eigenvalue weighted by Crippen LogP contribution is -2.48. The third-order valence-corrected chi connectivity index (χ3v) is 5.76. The number of nitrogens with zero attached hydrogens (tertiary/aromatic N) is 1. The van der Waals surface area contributed by atoms with Crippen LogP contribution in [-0.2, 0) is 14.3 Å². The van der Waals surface area contributed by atoms with E-state index in [1.807, 2.05) is 13.8 Å². The van der Waals surface area contributed by atoms with Gasteiger partial charge in [-0.2, -0.15) is 0 Å². The van der Waals surface area contributed by atoms with Gasteiger partial charge in [-0.15, -0.1) is 11.3 Å². The maximum Gasteiger partial charge on any atom is 0.330 e. The number of carbonyl (C=O) groups excluding carboxylic acids is 5. The highest BCUT2D eigenvalue weighted by Crippen LogP contribution is 2.28. The lowest BCUT2D eigenvalue weighted by Gasteiger charge is -2.27. The monoisotopic (exact) mass is 457 g/mol. The maximum atomic E-state index is 13.0. The van der Waals surface area contributed by atoms with Crippen LogP contribution in [0, 0.1) is 5.92 Å². The van der Waals surface area contributed by atoms with Gasteiger partial charge in [0.25, 0.3) is 23.6 Å². The second-order valence-corrected chi connectivity index (χ2v) is 8.68. The summed E-state index contributed by atoms with van der Waals surface area (Å²) in [5, 5.41) is 4.34. The second kappa shape index (κ2) is 9.31. The average Bonchev–Trinajstić information content (AvgIpc) is 3.29. The average molecular weight is 458 g/mol. The van der Waals surface area contributed by atoms with Gasteiger partial charge in [-0.05, 0) is 42.8 Å². The van der Waals surface area contributed by atoms with Crippen molar-refractivity contribution in [1.29, 1.82) is 0 Å². The Balaban J connectivity index is 1.76. The number of thiophene rings is 1. The van der Waals surface area contributed by atoms with Crippen molar-refractivity contribution in [3.8, 4) is 0 Å². The molecule has 1 aliphatic rings. The summed E-state index contributed by atoms with van der Waals surface area (Å²) in [6, 6.07) is 6.63. The number of carbonyl (C=O) groups is 5. The molecule has 3 rings (SSSR count). The number of nitrogens with two attached hydrogens (primary N) is 1. The van der Waals surface area contributed by atoms with Gasteiger partial charge in [-0.1, -0.05) is 26.0 Å². The summed E-state index contributed by atoms with van der Waals surface area (Å²) in [5.41, 5.74) is 5.86. The molecule has 10 heteroatoms. The molecule has 1 aromatic heterocycles. The molecule has 0 aliphatic carbocycles. The van der Waals surface area contributed by atoms with E-state index in [0.29, 0.717) is 0 Å². The number of hydrogen-bond acceptors (Lipinski definition) is 7. The van der Waals surface area contributed by atoms with Gasteiger partial charge in [0.05, 0.1) is 16.7 Å². The first-order chi connectivity index (χ1) is 15.1. The van der Waals surface area contributed by atoms with Crippen molar-refractivity contribution in [2.24, 2.45) is 11.7 Å². The Bertz CT molecular complexity index is 1060. The predicted molar refractivity (Wildman–Crippen MR) is 117 cm³/mol. The lowest BCUT2D eigenvalue weighted by molar-refractivity contribution is -0.157. The number of rotatable bonds is 8. The number of hydrogen-bond donors (Lipinski definition) is 2. The molecule has 3 N–H and O–H groups in total. The Labute approximate surface area is 188 Å². The van der Waals surface area contributed by atoms with E-state index in [4.69, 9.17) is 10.5 Å². The van der Waals surface area contributed by atoms with Crippen LogP contribution in [0.5, 0.6) is 0 Å². The second-order valence-electron chi connectivity index (χ2n) is 7.77. The maximum absolute atomic E-state index is 13.0. The summed E-state index contributed by atoms with van der Waals surface area (Å²) in [5.74, 6) is -3.42. The van der Waals surface area contributed by atoms with Gasteiger partial charge in [0, 0.05) is 0 Å². The number of benzene rings is 1. The van der Waals surface area contributed by atoms with E-state index in [2.05, 4.69) is 5.32 Å². The molecule has 2 aromatic rings. The Morgan fingerprint density at radius 1 is 1.06 bits per heavy atom. The van der Waals surface area contributed by atoms with Crippen molar-refractivity contribution in [1.82, 2.24) is 4.90 Å². The third-order valence-electron chi connectivity index (χ3n) is 4.93. The molecule has 2 unspecified atom stereocenters. The number of imide groups is 1. The standard InChI is InChI=1S/C22H23N3O6S/c1-11(2)10-16(25-20(28)13-6-4-5-7-14(13)21(25)29)22(30)31-12(3)18(27)24-19-15(17(23)26)8-9-32-19/h4-9,11-12,16H,10H2,1-3H3,(H2,23,26)(H,24,27). The SMILES string of the molecule is CC(C)CC(C(=O)OC(C)C(=O)Nc1sccc1C(N)=O)N1C(=O)c2ccccc2C1=O. The zero-order chi connectivity index (χ0) is 23.6. The molecule has 1 aromatic carbocycles. The summed E-state index contributed by atoms with van der Waals surface area (Å²) >= 11 is 1.10. The number of ether oxygens (including phenoxy) is 1. The summed E-state index contributed by atoms with van der Waals surface area (Å²) < 4.78 is 5.32. The Morgan fingerprint density at radius 2 is 1.66 bits per heavy atom. The topological polar surface area (TPSA) is 136 Å². The molecule has 0 saturated heterocycles. The van der Waals surface area contributed by atoms with Gasteiger partial charge in [-0.3, -0.25) is 24.1 Å². The number of esters is 1. The Morgan fingerprint density at radius 3 is 2.19 bits per heavy atom. The van der Waals surface area contributed by atoms with Crippen LogP contribution >= 0.6 is 11.3 Å². The van der Waals surface area contributed by atoms with Crippen molar-refractivity contribution >= 4 is 45.9 Å². The number of nitrogens with one attached hydrogen (secondary N) is 1. The van der Waals surface area contributed by atoms with E-state index in [9.17, 15) is 24.0 Å². The molecule has 0 spiro atoms. The van der Waals surface area contributed by atoms with Gasteiger partial charge in [0.1, 0.15) is 11.0 Å². The predicted octanol–water partition coefficient (Wildman–Crippen LogP) is 2.43. The van der Waals surface area contributed by atoms with Gasteiger partial charge in [-0.25, -0.2) is 4.79 Å². The van der Waals surface area contributed by atoms with Crippen LogP contribution in [0.4, 0.5) is 5.00 Å². The molecular formula is C22H23N3O6S. The molecule has 1 aliphatic heterocycles. The zero-order valence-corrected chi connectivity index (χ0v) is 18.6. The first-order valence-corrected chi connectivity index (χ1v) is 10.8. The molecule has 0 bridgehead atoms. The fourth-order valence-corrected chi connectivity index (χ4v) is 4.16. The highest BCUT2D eigenvalue weighted by molar-refractivity contribution is 7.14. The Hall–Kier alpha value is -3.53. The molecule has 2 atom stereocenters. The van der Waals surface area contributed by atoms with Crippen molar-refractivity contribution in [2.45, 2.75) is 39.3 Å². The van der Waals surface area contributed by atoms with Crippen molar-refractivity contribution in [3.63, 3.8) is 0 Å². The first kappa shape index (κ1) is 23.1. The largest absolute Gasteiger partial charge is 0.451 e. The minimum Gasteiger partial charge on any atom is -0.451 e. The first-order valence-electron chi connectivity index (χ1n) is 9.97. The fraction of sp³-hybridized carbons (Fsp3) is 0.318. The van der Waals surface area contributed by atoms with Crippen molar-refractivity contribution < 1.29 is 28.7 Å². The van der Waals surface area contributed by atoms with Gasteiger partial charge in [0.2, 0.25) is 0 Å². The van der Waals surface area contributed by atoms with Crippen LogP contribution < -0.4 is 11.1 Å². The number of fused-ring (bicyclic) bond motifs is 1. The van der Waals surface area contributed by atoms with Crippen LogP contribution in [0.3, 0.4) is 0 Å². The van der Waals surface area contributed by atoms with Crippen molar-refractivity contribution in [3.05, 3.63) is 52.4 Å². The summed E-state index contributed by atoms with van der Waals surface area (Å²) in [4.78, 5) is 63.5. The normalized spacial score (nSPS) is 14.8. The molecule has 168 valence electrons. The summed E-state index contributed by atoms with van der Waals surface area (Å²) in [6.45, 7) is 5.05. The minimum absolute atomic E-state index is 0.0368. The molecule has 0 saturated carbocycles. The van der Waals surface area contributed by atoms with E-state index < -0.39 is 41.7 Å². The van der Waals surface area contributed by atoms with Crippen molar-refractivity contribution in [2.75, 3.05) is 5.32 Å². The number of anilines is 1. The molecule has 9 nitrogen and oxygen atoms in total. The highest BCUT2D eigenvalue weighted by atomic mass is 32.1. The van der Waals surface area contributed by atoms with Crippen LogP contribution in [-0.4, -0.2) is 46.6 Å². The number of primary amides is 1. The Kier molecular flexibility index (Phi) is 6.73. The van der Waals surface area contributed by atoms with E-state index >= 15 is 0 Å². The van der Waals surface area contributed by atoms with Gasteiger partial charge in [0.15, 0.2) is 6.10 Å². The highest BCUT2D eigenvalue weighted by Gasteiger charge is 2.44. The molecular weight excluding hydrogens is 434 g/mol. The molecule has 0 radical (unpaired) electrons.